The van der Waals surface area contributed by atoms with Crippen molar-refractivity contribution in [1.82, 2.24) is 0 Å². The molecule has 0 radical (unpaired) electrons. The van der Waals surface area contributed by atoms with E-state index in [1.165, 1.54) is 11.1 Å². The van der Waals surface area contributed by atoms with E-state index in [0.717, 1.165) is 105 Å². The zero-order valence-corrected chi connectivity index (χ0v) is 31.2. The molecule has 0 atom stereocenters. The molecule has 3 heterocycles. The van der Waals surface area contributed by atoms with E-state index >= 15 is 0 Å². The van der Waals surface area contributed by atoms with Gasteiger partial charge in [-0.1, -0.05) is 127 Å². The van der Waals surface area contributed by atoms with Gasteiger partial charge in [0.2, 0.25) is 0 Å². The summed E-state index contributed by atoms with van der Waals surface area (Å²) < 4.78 is 19.2. The smallest absolute Gasteiger partial charge is 0.147 e. The number of anilines is 3. The average molecular weight is 744 g/mol. The lowest BCUT2D eigenvalue weighted by Gasteiger charge is -2.26. The summed E-state index contributed by atoms with van der Waals surface area (Å²) in [7, 11) is 0. The minimum atomic E-state index is 0.829. The zero-order chi connectivity index (χ0) is 38.2. The van der Waals surface area contributed by atoms with Crippen LogP contribution in [-0.4, -0.2) is 0 Å². The summed E-state index contributed by atoms with van der Waals surface area (Å²) >= 11 is 0. The number of hydrogen-bond acceptors (Lipinski definition) is 4. The molecule has 0 spiro atoms. The molecule has 0 N–H and O–H groups in total. The molecule has 0 bridgehead atoms. The molecular formula is C54H33NO3. The largest absolute Gasteiger partial charge is 0.456 e. The zero-order valence-electron chi connectivity index (χ0n) is 31.2. The minimum Gasteiger partial charge on any atom is -0.456 e. The molecule has 272 valence electrons. The average Bonchev–Trinajstić information content (AvgIpc) is 3.98. The van der Waals surface area contributed by atoms with Crippen molar-refractivity contribution < 1.29 is 13.3 Å². The number of hydrogen-bond donors (Lipinski definition) is 0. The molecule has 0 amide bonds. The summed E-state index contributed by atoms with van der Waals surface area (Å²) in [5, 5.41) is 6.51. The molecule has 0 saturated heterocycles. The SMILES string of the molecule is c1ccc(-c2ccc(N(c3ccc(-c4ccc5c(c4)oc4ccccc45)cc3)c3ccc(-c4cccc5c4oc4c5ccc5oc6ccccc6c54)cc3)cc2)cc1. The van der Waals surface area contributed by atoms with Crippen LogP contribution in [0.3, 0.4) is 0 Å². The van der Waals surface area contributed by atoms with Crippen molar-refractivity contribution in [1.29, 1.82) is 0 Å². The molecule has 0 aliphatic rings. The highest BCUT2D eigenvalue weighted by atomic mass is 16.3. The number of para-hydroxylation sites is 3. The van der Waals surface area contributed by atoms with Crippen LogP contribution in [-0.2, 0) is 0 Å². The van der Waals surface area contributed by atoms with Crippen LogP contribution in [0, 0.1) is 0 Å². The molecule has 4 nitrogen and oxygen atoms in total. The molecule has 12 rings (SSSR count). The molecule has 0 fully saturated rings. The molecular weight excluding hydrogens is 711 g/mol. The van der Waals surface area contributed by atoms with E-state index in [1.807, 2.05) is 30.3 Å². The number of furan rings is 3. The maximum absolute atomic E-state index is 6.79. The first-order chi connectivity index (χ1) is 28.7. The van der Waals surface area contributed by atoms with Gasteiger partial charge in [0, 0.05) is 49.6 Å². The lowest BCUT2D eigenvalue weighted by atomic mass is 10.0. The van der Waals surface area contributed by atoms with Gasteiger partial charge in [-0.3, -0.25) is 0 Å². The van der Waals surface area contributed by atoms with Crippen LogP contribution in [0.2, 0.25) is 0 Å². The van der Waals surface area contributed by atoms with E-state index < -0.39 is 0 Å². The summed E-state index contributed by atoms with van der Waals surface area (Å²) in [5.74, 6) is 0. The second-order valence-corrected chi connectivity index (χ2v) is 14.8. The normalized spacial score (nSPS) is 11.8. The number of benzene rings is 9. The highest BCUT2D eigenvalue weighted by Crippen LogP contribution is 2.43. The Morgan fingerprint density at radius 1 is 0.276 bits per heavy atom. The van der Waals surface area contributed by atoms with Crippen molar-refractivity contribution in [2.45, 2.75) is 0 Å². The van der Waals surface area contributed by atoms with E-state index in [1.54, 1.807) is 0 Å². The van der Waals surface area contributed by atoms with Crippen LogP contribution in [0.15, 0.2) is 213 Å². The predicted molar refractivity (Wildman–Crippen MR) is 239 cm³/mol. The van der Waals surface area contributed by atoms with Gasteiger partial charge in [-0.2, -0.15) is 0 Å². The maximum Gasteiger partial charge on any atom is 0.147 e. The quantitative estimate of drug-likeness (QED) is 0.170. The number of rotatable bonds is 6. The van der Waals surface area contributed by atoms with E-state index in [2.05, 4.69) is 175 Å². The lowest BCUT2D eigenvalue weighted by Crippen LogP contribution is -2.09. The first-order valence-electron chi connectivity index (χ1n) is 19.6. The summed E-state index contributed by atoms with van der Waals surface area (Å²) in [4.78, 5) is 2.31. The van der Waals surface area contributed by atoms with Crippen LogP contribution >= 0.6 is 0 Å². The molecule has 0 aliphatic carbocycles. The molecule has 0 unspecified atom stereocenters. The van der Waals surface area contributed by atoms with Gasteiger partial charge in [-0.05, 0) is 101 Å². The fraction of sp³-hybridized carbons (Fsp3) is 0. The summed E-state index contributed by atoms with van der Waals surface area (Å²) in [5.41, 5.74) is 15.1. The number of nitrogens with zero attached hydrogens (tertiary/aromatic N) is 1. The van der Waals surface area contributed by atoms with Crippen LogP contribution in [0.1, 0.15) is 0 Å². The highest BCUT2D eigenvalue weighted by molar-refractivity contribution is 6.23. The fourth-order valence-electron chi connectivity index (χ4n) is 8.67. The third-order valence-electron chi connectivity index (χ3n) is 11.5. The standard InChI is InChI=1S/C54H33NO3/c1-2-9-34(10-3-1)35-17-24-39(25-18-35)55(40-26-19-36(20-27-40)38-23-30-44-43-11-4-6-15-48(43)57-51(44)33-38)41-28-21-37(22-29-41)42-13-8-14-45-46-31-32-50-52(54(46)58-53(42)45)47-12-5-7-16-49(47)56-50/h1-33H. The van der Waals surface area contributed by atoms with Gasteiger partial charge in [0.1, 0.15) is 33.5 Å². The Kier molecular flexibility index (Phi) is 7.20. The van der Waals surface area contributed by atoms with Crippen LogP contribution in [0.25, 0.3) is 99.2 Å². The molecule has 9 aromatic carbocycles. The second-order valence-electron chi connectivity index (χ2n) is 14.8. The second kappa shape index (κ2) is 12.9. The van der Waals surface area contributed by atoms with E-state index in [4.69, 9.17) is 13.3 Å². The van der Waals surface area contributed by atoms with Gasteiger partial charge in [0.05, 0.1) is 5.39 Å². The molecule has 0 aliphatic heterocycles. The van der Waals surface area contributed by atoms with E-state index in [9.17, 15) is 0 Å². The van der Waals surface area contributed by atoms with Crippen LogP contribution < -0.4 is 4.90 Å². The van der Waals surface area contributed by atoms with E-state index in [0.29, 0.717) is 0 Å². The molecule has 58 heavy (non-hydrogen) atoms. The van der Waals surface area contributed by atoms with Crippen molar-refractivity contribution >= 4 is 82.9 Å². The van der Waals surface area contributed by atoms with Crippen molar-refractivity contribution in [3.63, 3.8) is 0 Å². The molecule has 0 saturated carbocycles. The molecule has 3 aromatic heterocycles. The van der Waals surface area contributed by atoms with Gasteiger partial charge in [0.25, 0.3) is 0 Å². The Balaban J connectivity index is 0.938. The maximum atomic E-state index is 6.79. The number of fused-ring (bicyclic) bond motifs is 10. The summed E-state index contributed by atoms with van der Waals surface area (Å²) in [6.07, 6.45) is 0. The monoisotopic (exact) mass is 743 g/mol. The van der Waals surface area contributed by atoms with E-state index in [-0.39, 0.29) is 0 Å². The Labute approximate surface area is 333 Å². The third-order valence-corrected chi connectivity index (χ3v) is 11.5. The Morgan fingerprint density at radius 2 is 0.776 bits per heavy atom. The third kappa shape index (κ3) is 5.16. The molecule has 4 heteroatoms. The van der Waals surface area contributed by atoms with Gasteiger partial charge in [-0.15, -0.1) is 0 Å². The predicted octanol–water partition coefficient (Wildman–Crippen LogP) is 15.9. The molecule has 12 aromatic rings. The van der Waals surface area contributed by atoms with Crippen LogP contribution in [0.5, 0.6) is 0 Å². The van der Waals surface area contributed by atoms with Crippen molar-refractivity contribution in [2.24, 2.45) is 0 Å². The van der Waals surface area contributed by atoms with Gasteiger partial charge < -0.3 is 18.2 Å². The Hall–Kier alpha value is -7.82. The van der Waals surface area contributed by atoms with Crippen molar-refractivity contribution in [2.75, 3.05) is 4.90 Å². The summed E-state index contributed by atoms with van der Waals surface area (Å²) in [6, 6.07) is 70.3. The first-order valence-corrected chi connectivity index (χ1v) is 19.6. The first kappa shape index (κ1) is 32.4. The topological polar surface area (TPSA) is 42.7 Å². The van der Waals surface area contributed by atoms with Crippen molar-refractivity contribution in [3.8, 4) is 33.4 Å². The van der Waals surface area contributed by atoms with Crippen LogP contribution in [0.4, 0.5) is 17.1 Å². The Bertz CT molecular complexity index is 3480. The highest BCUT2D eigenvalue weighted by Gasteiger charge is 2.19. The Morgan fingerprint density at radius 3 is 1.50 bits per heavy atom. The van der Waals surface area contributed by atoms with Crippen molar-refractivity contribution in [3.05, 3.63) is 200 Å². The fourth-order valence-corrected chi connectivity index (χ4v) is 8.67. The minimum absolute atomic E-state index is 0.829. The van der Waals surface area contributed by atoms with Gasteiger partial charge >= 0.3 is 0 Å². The lowest BCUT2D eigenvalue weighted by molar-refractivity contribution is 0.663. The van der Waals surface area contributed by atoms with Gasteiger partial charge in [0.15, 0.2) is 0 Å². The van der Waals surface area contributed by atoms with Gasteiger partial charge in [-0.25, -0.2) is 0 Å². The summed E-state index contributed by atoms with van der Waals surface area (Å²) in [6.45, 7) is 0.